The van der Waals surface area contributed by atoms with Crippen LogP contribution in [0.15, 0.2) is 60.7 Å². The lowest BCUT2D eigenvalue weighted by molar-refractivity contribution is 0.0449. The van der Waals surface area contributed by atoms with E-state index in [0.717, 1.165) is 39.3 Å². The maximum absolute atomic E-state index is 5.65. The first-order valence-corrected chi connectivity index (χ1v) is 10.2. The predicted molar refractivity (Wildman–Crippen MR) is 110 cm³/mol. The molecule has 0 radical (unpaired) electrons. The molecular formula is C24H34O2. The van der Waals surface area contributed by atoms with E-state index in [4.69, 9.17) is 9.47 Å². The van der Waals surface area contributed by atoms with E-state index in [1.807, 2.05) is 0 Å². The van der Waals surface area contributed by atoms with Gasteiger partial charge < -0.3 is 9.47 Å². The van der Waals surface area contributed by atoms with Crippen LogP contribution >= 0.6 is 0 Å². The Kier molecular flexibility index (Phi) is 11.5. The molecular weight excluding hydrogens is 320 g/mol. The molecule has 0 atom stereocenters. The van der Waals surface area contributed by atoms with E-state index in [0.29, 0.717) is 0 Å². The molecule has 0 aliphatic rings. The summed E-state index contributed by atoms with van der Waals surface area (Å²) in [5.41, 5.74) is 2.87. The molecule has 0 saturated heterocycles. The number of aryl methyl sites for hydroxylation is 2. The van der Waals surface area contributed by atoms with Crippen LogP contribution in [0.1, 0.15) is 49.7 Å². The number of unbranched alkanes of at least 4 members (excludes halogenated alkanes) is 4. The van der Waals surface area contributed by atoms with Crippen LogP contribution in [-0.4, -0.2) is 26.4 Å². The molecule has 0 unspecified atom stereocenters. The highest BCUT2D eigenvalue weighted by Crippen LogP contribution is 2.07. The van der Waals surface area contributed by atoms with Crippen LogP contribution < -0.4 is 0 Å². The van der Waals surface area contributed by atoms with Crippen LogP contribution in [0, 0.1) is 0 Å². The first kappa shape index (κ1) is 20.7. The van der Waals surface area contributed by atoms with Gasteiger partial charge in [-0.15, -0.1) is 0 Å². The largest absolute Gasteiger partial charge is 0.379 e. The molecule has 0 amide bonds. The van der Waals surface area contributed by atoms with E-state index in [-0.39, 0.29) is 0 Å². The second-order valence-electron chi connectivity index (χ2n) is 6.82. The van der Waals surface area contributed by atoms with Gasteiger partial charge in [0.05, 0.1) is 13.2 Å². The zero-order valence-corrected chi connectivity index (χ0v) is 16.1. The standard InChI is InChI=1S/C24H34O2/c1-5-13-23(14-6-1)17-9-3-11-19-25-21-22-26-20-12-4-10-18-24-15-7-2-8-16-24/h1-2,5-8,13-16H,3-4,9-12,17-22H2. The normalized spacial score (nSPS) is 10.9. The highest BCUT2D eigenvalue weighted by Gasteiger charge is 1.95. The van der Waals surface area contributed by atoms with Gasteiger partial charge in [-0.1, -0.05) is 73.5 Å². The Hall–Kier alpha value is -1.64. The summed E-state index contributed by atoms with van der Waals surface area (Å²) in [6, 6.07) is 21.4. The van der Waals surface area contributed by atoms with Crippen LogP contribution in [0.4, 0.5) is 0 Å². The van der Waals surface area contributed by atoms with Crippen LogP contribution in [0.5, 0.6) is 0 Å². The molecule has 0 fully saturated rings. The summed E-state index contributed by atoms with van der Waals surface area (Å²) < 4.78 is 11.3. The van der Waals surface area contributed by atoms with Crippen molar-refractivity contribution in [3.63, 3.8) is 0 Å². The van der Waals surface area contributed by atoms with Crippen molar-refractivity contribution in [2.45, 2.75) is 51.4 Å². The lowest BCUT2D eigenvalue weighted by Gasteiger charge is -2.06. The predicted octanol–water partition coefficient (Wildman–Crippen LogP) is 5.85. The topological polar surface area (TPSA) is 18.5 Å². The van der Waals surface area contributed by atoms with Crippen LogP contribution in [0.3, 0.4) is 0 Å². The Labute approximate surface area is 159 Å². The second kappa shape index (κ2) is 14.5. The third kappa shape index (κ3) is 10.4. The molecule has 0 aliphatic heterocycles. The summed E-state index contributed by atoms with van der Waals surface area (Å²) >= 11 is 0. The van der Waals surface area contributed by atoms with Crippen molar-refractivity contribution in [3.05, 3.63) is 71.8 Å². The van der Waals surface area contributed by atoms with Gasteiger partial charge in [0, 0.05) is 13.2 Å². The molecule has 142 valence electrons. The van der Waals surface area contributed by atoms with Crippen molar-refractivity contribution in [1.82, 2.24) is 0 Å². The molecule has 0 spiro atoms. The van der Waals surface area contributed by atoms with E-state index >= 15 is 0 Å². The first-order chi connectivity index (χ1) is 12.9. The van der Waals surface area contributed by atoms with Gasteiger partial charge in [-0.25, -0.2) is 0 Å². The smallest absolute Gasteiger partial charge is 0.0700 e. The van der Waals surface area contributed by atoms with Crippen LogP contribution in [-0.2, 0) is 22.3 Å². The van der Waals surface area contributed by atoms with Gasteiger partial charge in [0.1, 0.15) is 0 Å². The quantitative estimate of drug-likeness (QED) is 0.374. The summed E-state index contributed by atoms with van der Waals surface area (Å²) in [6.45, 7) is 3.16. The highest BCUT2D eigenvalue weighted by atomic mass is 16.5. The highest BCUT2D eigenvalue weighted by molar-refractivity contribution is 5.15. The lowest BCUT2D eigenvalue weighted by Crippen LogP contribution is -2.06. The van der Waals surface area contributed by atoms with E-state index < -0.39 is 0 Å². The van der Waals surface area contributed by atoms with E-state index in [9.17, 15) is 0 Å². The summed E-state index contributed by atoms with van der Waals surface area (Å²) in [5, 5.41) is 0. The third-order valence-electron chi connectivity index (χ3n) is 4.57. The minimum atomic E-state index is 0.725. The molecule has 0 heterocycles. The number of benzene rings is 2. The Morgan fingerprint density at radius 1 is 0.423 bits per heavy atom. The Balaban J connectivity index is 1.28. The zero-order chi connectivity index (χ0) is 18.1. The monoisotopic (exact) mass is 354 g/mol. The number of hydrogen-bond acceptors (Lipinski definition) is 2. The van der Waals surface area contributed by atoms with Crippen molar-refractivity contribution in [3.8, 4) is 0 Å². The zero-order valence-electron chi connectivity index (χ0n) is 16.1. The van der Waals surface area contributed by atoms with E-state index in [1.54, 1.807) is 0 Å². The number of rotatable bonds is 15. The minimum Gasteiger partial charge on any atom is -0.379 e. The maximum atomic E-state index is 5.65. The molecule has 2 aromatic rings. The van der Waals surface area contributed by atoms with Crippen LogP contribution in [0.2, 0.25) is 0 Å². The van der Waals surface area contributed by atoms with Crippen molar-refractivity contribution in [2.24, 2.45) is 0 Å². The summed E-state index contributed by atoms with van der Waals surface area (Å²) in [4.78, 5) is 0. The molecule has 2 aromatic carbocycles. The van der Waals surface area contributed by atoms with Gasteiger partial charge in [-0.3, -0.25) is 0 Å². The molecule has 2 nitrogen and oxygen atoms in total. The average molecular weight is 355 g/mol. The van der Waals surface area contributed by atoms with Gasteiger partial charge in [-0.2, -0.15) is 0 Å². The second-order valence-corrected chi connectivity index (χ2v) is 6.82. The molecule has 0 aliphatic carbocycles. The van der Waals surface area contributed by atoms with Crippen molar-refractivity contribution < 1.29 is 9.47 Å². The fourth-order valence-electron chi connectivity index (χ4n) is 3.03. The summed E-state index contributed by atoms with van der Waals surface area (Å²) in [6.07, 6.45) is 9.59. The number of ether oxygens (including phenoxy) is 2. The fourth-order valence-corrected chi connectivity index (χ4v) is 3.03. The Bertz CT molecular complexity index is 487. The van der Waals surface area contributed by atoms with Gasteiger partial charge >= 0.3 is 0 Å². The lowest BCUT2D eigenvalue weighted by atomic mass is 10.1. The molecule has 0 bridgehead atoms. The van der Waals surface area contributed by atoms with Crippen molar-refractivity contribution in [1.29, 1.82) is 0 Å². The van der Waals surface area contributed by atoms with Gasteiger partial charge in [0.2, 0.25) is 0 Å². The Morgan fingerprint density at radius 2 is 0.846 bits per heavy atom. The average Bonchev–Trinajstić information content (AvgIpc) is 2.70. The van der Waals surface area contributed by atoms with Gasteiger partial charge in [0.15, 0.2) is 0 Å². The summed E-state index contributed by atoms with van der Waals surface area (Å²) in [7, 11) is 0. The minimum absolute atomic E-state index is 0.725. The van der Waals surface area contributed by atoms with Gasteiger partial charge in [-0.05, 0) is 49.7 Å². The first-order valence-electron chi connectivity index (χ1n) is 10.2. The fraction of sp³-hybridized carbons (Fsp3) is 0.500. The van der Waals surface area contributed by atoms with Crippen LogP contribution in [0.25, 0.3) is 0 Å². The third-order valence-corrected chi connectivity index (χ3v) is 4.57. The maximum Gasteiger partial charge on any atom is 0.0700 e. The molecule has 26 heavy (non-hydrogen) atoms. The Morgan fingerprint density at radius 3 is 1.27 bits per heavy atom. The van der Waals surface area contributed by atoms with Crippen molar-refractivity contribution >= 4 is 0 Å². The molecule has 0 saturated carbocycles. The molecule has 2 rings (SSSR count). The summed E-state index contributed by atoms with van der Waals surface area (Å²) in [5.74, 6) is 0. The SMILES string of the molecule is c1ccc(CCCCCOCCOCCCCCc2ccccc2)cc1. The van der Waals surface area contributed by atoms with Gasteiger partial charge in [0.25, 0.3) is 0 Å². The van der Waals surface area contributed by atoms with E-state index in [1.165, 1.54) is 49.7 Å². The van der Waals surface area contributed by atoms with Crippen molar-refractivity contribution in [2.75, 3.05) is 26.4 Å². The molecule has 2 heteroatoms. The molecule has 0 aromatic heterocycles. The van der Waals surface area contributed by atoms with E-state index in [2.05, 4.69) is 60.7 Å². The molecule has 0 N–H and O–H groups in total. The number of hydrogen-bond donors (Lipinski definition) is 0.